The van der Waals surface area contributed by atoms with Crippen molar-refractivity contribution in [2.75, 3.05) is 13.2 Å². The number of ether oxygens (including phenoxy) is 2. The Kier molecular flexibility index (Phi) is 26.4. The SMILES string of the molecule is CCCCC(CC)COC(=O)CCCCCCCCCCCCCC(C(=O)OCC(CC)CCCC)C(C)C. The maximum absolute atomic E-state index is 12.7. The molecule has 3 atom stereocenters. The zero-order chi connectivity index (χ0) is 29.1. The number of esters is 2. The first kappa shape index (κ1) is 37.9. The van der Waals surface area contributed by atoms with E-state index in [0.717, 1.165) is 38.5 Å². The lowest BCUT2D eigenvalue weighted by molar-refractivity contribution is -0.152. The van der Waals surface area contributed by atoms with E-state index in [9.17, 15) is 9.59 Å². The maximum atomic E-state index is 12.7. The predicted octanol–water partition coefficient (Wildman–Crippen LogP) is 10.8. The molecule has 0 radical (unpaired) electrons. The Bertz CT molecular complexity index is 559. The molecule has 0 amide bonds. The molecule has 0 fully saturated rings. The van der Waals surface area contributed by atoms with Gasteiger partial charge in [-0.1, -0.05) is 144 Å². The van der Waals surface area contributed by atoms with Gasteiger partial charge in [-0.25, -0.2) is 0 Å². The third kappa shape index (κ3) is 22.3. The molecule has 0 spiro atoms. The molecule has 4 heteroatoms. The van der Waals surface area contributed by atoms with E-state index in [0.29, 0.717) is 37.4 Å². The predicted molar refractivity (Wildman–Crippen MR) is 167 cm³/mol. The first-order valence-corrected chi connectivity index (χ1v) is 17.2. The van der Waals surface area contributed by atoms with E-state index < -0.39 is 0 Å². The van der Waals surface area contributed by atoms with E-state index in [-0.39, 0.29) is 17.9 Å². The molecule has 0 saturated heterocycles. The molecule has 0 N–H and O–H groups in total. The van der Waals surface area contributed by atoms with Crippen LogP contribution in [0.25, 0.3) is 0 Å². The Morgan fingerprint density at radius 3 is 1.41 bits per heavy atom. The summed E-state index contributed by atoms with van der Waals surface area (Å²) in [7, 11) is 0. The molecule has 0 aromatic carbocycles. The minimum absolute atomic E-state index is 0.00547. The van der Waals surface area contributed by atoms with Crippen LogP contribution < -0.4 is 0 Å². The van der Waals surface area contributed by atoms with E-state index >= 15 is 0 Å². The molecule has 4 nitrogen and oxygen atoms in total. The van der Waals surface area contributed by atoms with Crippen LogP contribution in [0.5, 0.6) is 0 Å². The minimum Gasteiger partial charge on any atom is -0.465 e. The van der Waals surface area contributed by atoms with Crippen LogP contribution in [0.4, 0.5) is 0 Å². The van der Waals surface area contributed by atoms with Gasteiger partial charge in [0.2, 0.25) is 0 Å². The zero-order valence-electron chi connectivity index (χ0n) is 27.2. The van der Waals surface area contributed by atoms with E-state index in [2.05, 4.69) is 41.5 Å². The fourth-order valence-electron chi connectivity index (χ4n) is 5.33. The number of carbonyl (C=O) groups excluding carboxylic acids is 2. The van der Waals surface area contributed by atoms with Crippen molar-refractivity contribution in [1.29, 1.82) is 0 Å². The molecule has 0 aliphatic carbocycles. The van der Waals surface area contributed by atoms with Gasteiger partial charge in [-0.2, -0.15) is 0 Å². The minimum atomic E-state index is -0.00547. The molecule has 0 rings (SSSR count). The van der Waals surface area contributed by atoms with Crippen LogP contribution in [-0.4, -0.2) is 25.2 Å². The van der Waals surface area contributed by atoms with Crippen LogP contribution in [0.15, 0.2) is 0 Å². The summed E-state index contributed by atoms with van der Waals surface area (Å²) in [5, 5.41) is 0. The zero-order valence-corrected chi connectivity index (χ0v) is 27.2. The lowest BCUT2D eigenvalue weighted by Crippen LogP contribution is -2.25. The van der Waals surface area contributed by atoms with Crippen molar-refractivity contribution in [3.8, 4) is 0 Å². The van der Waals surface area contributed by atoms with Gasteiger partial charge in [0.05, 0.1) is 19.1 Å². The van der Waals surface area contributed by atoms with Crippen LogP contribution in [-0.2, 0) is 19.1 Å². The Hall–Kier alpha value is -1.06. The Labute approximate surface area is 244 Å². The second-order valence-electron chi connectivity index (χ2n) is 12.4. The fourth-order valence-corrected chi connectivity index (χ4v) is 5.33. The lowest BCUT2D eigenvalue weighted by atomic mass is 9.90. The lowest BCUT2D eigenvalue weighted by Gasteiger charge is -2.21. The summed E-state index contributed by atoms with van der Waals surface area (Å²) in [5.74, 6) is 1.48. The van der Waals surface area contributed by atoms with Crippen LogP contribution in [0.1, 0.15) is 176 Å². The molecular formula is C35H68O4. The summed E-state index contributed by atoms with van der Waals surface area (Å²) in [6.45, 7) is 14.3. The smallest absolute Gasteiger partial charge is 0.309 e. The summed E-state index contributed by atoms with van der Waals surface area (Å²) < 4.78 is 11.3. The third-order valence-electron chi connectivity index (χ3n) is 8.53. The average Bonchev–Trinajstić information content (AvgIpc) is 2.93. The Morgan fingerprint density at radius 2 is 0.974 bits per heavy atom. The molecule has 232 valence electrons. The summed E-state index contributed by atoms with van der Waals surface area (Å²) >= 11 is 0. The summed E-state index contributed by atoms with van der Waals surface area (Å²) in [4.78, 5) is 24.7. The first-order valence-electron chi connectivity index (χ1n) is 17.2. The Morgan fingerprint density at radius 1 is 0.538 bits per heavy atom. The highest BCUT2D eigenvalue weighted by Crippen LogP contribution is 2.23. The van der Waals surface area contributed by atoms with Crippen LogP contribution in [0.3, 0.4) is 0 Å². The van der Waals surface area contributed by atoms with Gasteiger partial charge in [-0.3, -0.25) is 9.59 Å². The number of rotatable bonds is 28. The molecule has 0 aromatic rings. The van der Waals surface area contributed by atoms with Crippen molar-refractivity contribution in [1.82, 2.24) is 0 Å². The van der Waals surface area contributed by atoms with Gasteiger partial charge >= 0.3 is 11.9 Å². The quantitative estimate of drug-likeness (QED) is 0.0715. The molecule has 0 aliphatic heterocycles. The van der Waals surface area contributed by atoms with Crippen molar-refractivity contribution in [3.63, 3.8) is 0 Å². The van der Waals surface area contributed by atoms with Gasteiger partial charge in [0.15, 0.2) is 0 Å². The van der Waals surface area contributed by atoms with Gasteiger partial charge in [-0.15, -0.1) is 0 Å². The molecule has 0 bridgehead atoms. The van der Waals surface area contributed by atoms with E-state index in [1.807, 2.05) is 0 Å². The summed E-state index contributed by atoms with van der Waals surface area (Å²) in [5.41, 5.74) is 0. The monoisotopic (exact) mass is 553 g/mol. The molecule has 0 heterocycles. The van der Waals surface area contributed by atoms with Gasteiger partial charge in [0.25, 0.3) is 0 Å². The largest absolute Gasteiger partial charge is 0.465 e. The summed E-state index contributed by atoms with van der Waals surface area (Å²) in [6.07, 6.45) is 24.4. The number of hydrogen-bond donors (Lipinski definition) is 0. The molecular weight excluding hydrogens is 484 g/mol. The third-order valence-corrected chi connectivity index (χ3v) is 8.53. The standard InChI is InChI=1S/C35H68O4/c1-7-11-24-31(9-3)28-38-34(36)27-23-21-19-17-15-13-14-16-18-20-22-26-33(30(5)6)35(37)39-29-32(10-4)25-12-8-2/h30-33H,7-29H2,1-6H3. The van der Waals surface area contributed by atoms with E-state index in [4.69, 9.17) is 9.47 Å². The second kappa shape index (κ2) is 27.1. The van der Waals surface area contributed by atoms with Gasteiger partial charge in [-0.05, 0) is 43.4 Å². The van der Waals surface area contributed by atoms with Crippen molar-refractivity contribution in [3.05, 3.63) is 0 Å². The van der Waals surface area contributed by atoms with Gasteiger partial charge in [0.1, 0.15) is 0 Å². The first-order chi connectivity index (χ1) is 18.9. The highest BCUT2D eigenvalue weighted by molar-refractivity contribution is 5.72. The average molecular weight is 553 g/mol. The fraction of sp³-hybridized carbons (Fsp3) is 0.943. The van der Waals surface area contributed by atoms with Crippen LogP contribution in [0, 0.1) is 23.7 Å². The Balaban J connectivity index is 3.71. The highest BCUT2D eigenvalue weighted by atomic mass is 16.5. The molecule has 0 aromatic heterocycles. The van der Waals surface area contributed by atoms with E-state index in [1.54, 1.807) is 0 Å². The molecule has 39 heavy (non-hydrogen) atoms. The number of hydrogen-bond acceptors (Lipinski definition) is 4. The molecule has 3 unspecified atom stereocenters. The van der Waals surface area contributed by atoms with Crippen molar-refractivity contribution < 1.29 is 19.1 Å². The second-order valence-corrected chi connectivity index (χ2v) is 12.4. The number of carbonyl (C=O) groups is 2. The normalized spacial score (nSPS) is 13.8. The summed E-state index contributed by atoms with van der Waals surface area (Å²) in [6, 6.07) is 0. The highest BCUT2D eigenvalue weighted by Gasteiger charge is 2.24. The topological polar surface area (TPSA) is 52.6 Å². The van der Waals surface area contributed by atoms with Crippen LogP contribution >= 0.6 is 0 Å². The van der Waals surface area contributed by atoms with Crippen LogP contribution in [0.2, 0.25) is 0 Å². The van der Waals surface area contributed by atoms with Gasteiger partial charge in [0, 0.05) is 6.42 Å². The van der Waals surface area contributed by atoms with Gasteiger partial charge < -0.3 is 9.47 Å². The maximum Gasteiger partial charge on any atom is 0.309 e. The molecule has 0 aliphatic rings. The van der Waals surface area contributed by atoms with E-state index in [1.165, 1.54) is 89.9 Å². The van der Waals surface area contributed by atoms with Crippen molar-refractivity contribution >= 4 is 11.9 Å². The number of unbranched alkanes of at least 4 members (excludes halogenated alkanes) is 12. The van der Waals surface area contributed by atoms with Crippen molar-refractivity contribution in [2.24, 2.45) is 23.7 Å². The van der Waals surface area contributed by atoms with Crippen molar-refractivity contribution in [2.45, 2.75) is 176 Å². The molecule has 0 saturated carbocycles.